The molecule has 1 aliphatic heterocycles. The molecular weight excluding hydrogens is 216 g/mol. The van der Waals surface area contributed by atoms with Crippen LogP contribution in [0.4, 0.5) is 0 Å². The summed E-state index contributed by atoms with van der Waals surface area (Å²) in [5, 5.41) is 0. The second kappa shape index (κ2) is 4.96. The molecule has 1 aromatic rings. The molecule has 0 aliphatic carbocycles. The highest BCUT2D eigenvalue weighted by atomic mass is 32.2. The van der Waals surface area contributed by atoms with Gasteiger partial charge in [0.1, 0.15) is 0 Å². The zero-order chi connectivity index (χ0) is 9.80. The van der Waals surface area contributed by atoms with E-state index in [0.29, 0.717) is 6.10 Å². The lowest BCUT2D eigenvalue weighted by molar-refractivity contribution is 0.112. The van der Waals surface area contributed by atoms with Crippen LogP contribution in [-0.2, 0) is 4.74 Å². The van der Waals surface area contributed by atoms with Crippen molar-refractivity contribution >= 4 is 29.4 Å². The number of hydrogen-bond acceptors (Lipinski definition) is 4. The van der Waals surface area contributed by atoms with Gasteiger partial charge in [0.05, 0.1) is 15.2 Å². The van der Waals surface area contributed by atoms with Crippen LogP contribution in [0, 0.1) is 0 Å². The van der Waals surface area contributed by atoms with Crippen molar-refractivity contribution in [2.75, 3.05) is 12.4 Å². The molecule has 76 valence electrons. The van der Waals surface area contributed by atoms with Crippen LogP contribution in [0.3, 0.4) is 0 Å². The first-order valence-corrected chi connectivity index (χ1v) is 6.48. The first-order chi connectivity index (χ1) is 6.88. The molecule has 1 saturated heterocycles. The third-order valence-electron chi connectivity index (χ3n) is 2.15. The minimum atomic E-state index is 0.418. The van der Waals surface area contributed by atoms with E-state index in [1.807, 2.05) is 12.1 Å². The number of carbonyl (C=O) groups is 1. The highest BCUT2D eigenvalue weighted by molar-refractivity contribution is 8.01. The van der Waals surface area contributed by atoms with Crippen LogP contribution in [0.1, 0.15) is 22.5 Å². The van der Waals surface area contributed by atoms with Gasteiger partial charge >= 0.3 is 0 Å². The smallest absolute Gasteiger partial charge is 0.160 e. The lowest BCUT2D eigenvalue weighted by atomic mass is 10.3. The molecule has 0 N–H and O–H groups in total. The standard InChI is InChI=1S/C10H12O2S2/c11-6-9-3-4-10(14-9)13-7-8-2-1-5-12-8/h3-4,6,8H,1-2,5,7H2. The fraction of sp³-hybridized carbons (Fsp3) is 0.500. The summed E-state index contributed by atoms with van der Waals surface area (Å²) in [5.74, 6) is 1.01. The lowest BCUT2D eigenvalue weighted by Gasteiger charge is -2.06. The van der Waals surface area contributed by atoms with E-state index in [2.05, 4.69) is 0 Å². The maximum atomic E-state index is 10.5. The molecule has 0 aromatic carbocycles. The molecule has 2 rings (SSSR count). The molecule has 0 spiro atoms. The van der Waals surface area contributed by atoms with Crippen LogP contribution in [-0.4, -0.2) is 24.7 Å². The van der Waals surface area contributed by atoms with Gasteiger partial charge < -0.3 is 4.74 Å². The summed E-state index contributed by atoms with van der Waals surface area (Å²) >= 11 is 3.34. The number of aldehydes is 1. The predicted octanol–water partition coefficient (Wildman–Crippen LogP) is 2.83. The summed E-state index contributed by atoms with van der Waals surface area (Å²) in [6.07, 6.45) is 3.69. The van der Waals surface area contributed by atoms with Gasteiger partial charge in [-0.1, -0.05) is 0 Å². The summed E-state index contributed by atoms with van der Waals surface area (Å²) in [6, 6.07) is 3.88. The Morgan fingerprint density at radius 1 is 1.64 bits per heavy atom. The fourth-order valence-corrected chi connectivity index (χ4v) is 3.48. The van der Waals surface area contributed by atoms with Gasteiger partial charge in [-0.05, 0) is 25.0 Å². The van der Waals surface area contributed by atoms with Crippen molar-refractivity contribution in [3.8, 4) is 0 Å². The third-order valence-corrected chi connectivity index (χ3v) is 4.52. The van der Waals surface area contributed by atoms with Crippen molar-refractivity contribution in [2.45, 2.75) is 23.2 Å². The third kappa shape index (κ3) is 2.59. The van der Waals surface area contributed by atoms with Crippen LogP contribution in [0.15, 0.2) is 16.3 Å². The molecule has 14 heavy (non-hydrogen) atoms. The quantitative estimate of drug-likeness (QED) is 0.585. The van der Waals surface area contributed by atoms with E-state index in [0.717, 1.165) is 23.5 Å². The van der Waals surface area contributed by atoms with Crippen LogP contribution < -0.4 is 0 Å². The Bertz CT molecular complexity index is 303. The molecule has 0 saturated carbocycles. The van der Waals surface area contributed by atoms with Gasteiger partial charge in [-0.25, -0.2) is 0 Å². The largest absolute Gasteiger partial charge is 0.377 e. The zero-order valence-electron chi connectivity index (χ0n) is 7.77. The van der Waals surface area contributed by atoms with E-state index >= 15 is 0 Å². The van der Waals surface area contributed by atoms with Gasteiger partial charge in [0.15, 0.2) is 6.29 Å². The summed E-state index contributed by atoms with van der Waals surface area (Å²) in [7, 11) is 0. The highest BCUT2D eigenvalue weighted by Gasteiger charge is 2.15. The normalized spacial score (nSPS) is 21.3. The zero-order valence-corrected chi connectivity index (χ0v) is 9.40. The van der Waals surface area contributed by atoms with Crippen LogP contribution in [0.5, 0.6) is 0 Å². The Morgan fingerprint density at radius 3 is 3.21 bits per heavy atom. The number of rotatable bonds is 4. The van der Waals surface area contributed by atoms with Gasteiger partial charge in [-0.15, -0.1) is 23.1 Å². The van der Waals surface area contributed by atoms with E-state index < -0.39 is 0 Å². The SMILES string of the molecule is O=Cc1ccc(SCC2CCCO2)s1. The molecule has 1 atom stereocenters. The Kier molecular flexibility index (Phi) is 3.61. The van der Waals surface area contributed by atoms with Crippen LogP contribution in [0.2, 0.25) is 0 Å². The first kappa shape index (κ1) is 10.2. The van der Waals surface area contributed by atoms with Gasteiger partial charge in [0.2, 0.25) is 0 Å². The van der Waals surface area contributed by atoms with Crippen molar-refractivity contribution in [3.05, 3.63) is 17.0 Å². The maximum Gasteiger partial charge on any atom is 0.160 e. The highest BCUT2D eigenvalue weighted by Crippen LogP contribution is 2.29. The molecule has 0 radical (unpaired) electrons. The van der Waals surface area contributed by atoms with Crippen molar-refractivity contribution in [1.82, 2.24) is 0 Å². The molecule has 0 amide bonds. The van der Waals surface area contributed by atoms with Gasteiger partial charge in [0, 0.05) is 12.4 Å². The molecular formula is C10H12O2S2. The average Bonchev–Trinajstić information content (AvgIpc) is 2.86. The number of carbonyl (C=O) groups excluding carboxylic acids is 1. The molecule has 1 aromatic heterocycles. The van der Waals surface area contributed by atoms with E-state index in [4.69, 9.17) is 4.74 Å². The number of hydrogen-bond donors (Lipinski definition) is 0. The molecule has 2 heterocycles. The monoisotopic (exact) mass is 228 g/mol. The topological polar surface area (TPSA) is 26.3 Å². The van der Waals surface area contributed by atoms with E-state index in [1.165, 1.54) is 17.1 Å². The molecule has 4 heteroatoms. The second-order valence-corrected chi connectivity index (χ2v) is 5.66. The molecule has 0 bridgehead atoms. The Balaban J connectivity index is 1.81. The summed E-state index contributed by atoms with van der Waals surface area (Å²) in [6.45, 7) is 0.912. The number of thioether (sulfide) groups is 1. The van der Waals surface area contributed by atoms with Crippen molar-refractivity contribution < 1.29 is 9.53 Å². The average molecular weight is 228 g/mol. The summed E-state index contributed by atoms with van der Waals surface area (Å²) in [4.78, 5) is 11.3. The van der Waals surface area contributed by atoms with Crippen LogP contribution >= 0.6 is 23.1 Å². The Hall–Kier alpha value is -0.320. The molecule has 1 unspecified atom stereocenters. The second-order valence-electron chi connectivity index (χ2n) is 3.22. The van der Waals surface area contributed by atoms with Crippen molar-refractivity contribution in [2.24, 2.45) is 0 Å². The van der Waals surface area contributed by atoms with E-state index in [-0.39, 0.29) is 0 Å². The maximum absolute atomic E-state index is 10.5. The minimum Gasteiger partial charge on any atom is -0.377 e. The Labute approximate surface area is 91.7 Å². The lowest BCUT2D eigenvalue weighted by Crippen LogP contribution is -2.07. The van der Waals surface area contributed by atoms with Gasteiger partial charge in [0.25, 0.3) is 0 Å². The Morgan fingerprint density at radius 2 is 2.57 bits per heavy atom. The minimum absolute atomic E-state index is 0.418. The molecule has 1 fully saturated rings. The fourth-order valence-electron chi connectivity index (χ4n) is 1.43. The van der Waals surface area contributed by atoms with E-state index in [9.17, 15) is 4.79 Å². The van der Waals surface area contributed by atoms with Crippen molar-refractivity contribution in [1.29, 1.82) is 0 Å². The predicted molar refractivity (Wildman–Crippen MR) is 59.4 cm³/mol. The van der Waals surface area contributed by atoms with Gasteiger partial charge in [-0.2, -0.15) is 0 Å². The summed E-state index contributed by atoms with van der Waals surface area (Å²) < 4.78 is 6.73. The molecule has 2 nitrogen and oxygen atoms in total. The van der Waals surface area contributed by atoms with E-state index in [1.54, 1.807) is 23.1 Å². The van der Waals surface area contributed by atoms with Crippen molar-refractivity contribution in [3.63, 3.8) is 0 Å². The van der Waals surface area contributed by atoms with Gasteiger partial charge in [-0.3, -0.25) is 4.79 Å². The number of thiophene rings is 1. The first-order valence-electron chi connectivity index (χ1n) is 4.68. The van der Waals surface area contributed by atoms with Crippen LogP contribution in [0.25, 0.3) is 0 Å². The summed E-state index contributed by atoms with van der Waals surface area (Å²) in [5.41, 5.74) is 0. The number of ether oxygens (including phenoxy) is 1. The molecule has 1 aliphatic rings.